The van der Waals surface area contributed by atoms with Crippen LogP contribution in [0.15, 0.2) is 34.9 Å². The van der Waals surface area contributed by atoms with Crippen molar-refractivity contribution in [3.63, 3.8) is 0 Å². The number of rotatable bonds is 7. The smallest absolute Gasteiger partial charge is 0.319 e. The molecule has 0 radical (unpaired) electrons. The monoisotopic (exact) mass is 459 g/mol. The molecule has 0 spiro atoms. The van der Waals surface area contributed by atoms with Gasteiger partial charge in [0.05, 0.1) is 29.0 Å². The van der Waals surface area contributed by atoms with Crippen LogP contribution in [0.2, 0.25) is 0 Å². The molecule has 32 heavy (non-hydrogen) atoms. The Bertz CT molecular complexity index is 953. The summed E-state index contributed by atoms with van der Waals surface area (Å²) in [6.07, 6.45) is 5.21. The standard InChI is InChI=1S/C23H26FN3O4S/c1-2-31-23(30)20-19(15-10-6-7-11-17(15)24)16(12-25)22(27-21(20)29)32-13-18(28)26-14-8-4-3-5-9-14/h6-7,10-11,14,19-20H,2-5,8-9,13H2,1H3,(H,26,28)(H,27,29)/t19-,20+/m0/s1. The van der Waals surface area contributed by atoms with Crippen molar-refractivity contribution < 1.29 is 23.5 Å². The highest BCUT2D eigenvalue weighted by Crippen LogP contribution is 2.41. The fourth-order valence-electron chi connectivity index (χ4n) is 4.14. The second-order valence-corrected chi connectivity index (χ2v) is 8.75. The lowest BCUT2D eigenvalue weighted by Gasteiger charge is -2.31. The van der Waals surface area contributed by atoms with E-state index in [-0.39, 0.29) is 40.5 Å². The number of amides is 2. The van der Waals surface area contributed by atoms with Crippen molar-refractivity contribution in [2.75, 3.05) is 12.4 Å². The molecule has 1 aromatic carbocycles. The first kappa shape index (κ1) is 23.8. The van der Waals surface area contributed by atoms with Crippen LogP contribution in [0.25, 0.3) is 0 Å². The highest BCUT2D eigenvalue weighted by Gasteiger charge is 2.45. The Kier molecular flexibility index (Phi) is 8.28. The number of benzene rings is 1. The molecule has 3 rings (SSSR count). The van der Waals surface area contributed by atoms with Gasteiger partial charge in [-0.15, -0.1) is 0 Å². The largest absolute Gasteiger partial charge is 0.465 e. The highest BCUT2D eigenvalue weighted by atomic mass is 32.2. The van der Waals surface area contributed by atoms with Gasteiger partial charge in [0.15, 0.2) is 0 Å². The van der Waals surface area contributed by atoms with Crippen molar-refractivity contribution in [3.05, 3.63) is 46.2 Å². The van der Waals surface area contributed by atoms with Crippen LogP contribution in [0, 0.1) is 23.1 Å². The number of nitriles is 1. The van der Waals surface area contributed by atoms with Crippen molar-refractivity contribution in [1.82, 2.24) is 10.6 Å². The molecule has 1 aliphatic heterocycles. The maximum Gasteiger partial charge on any atom is 0.319 e. The quantitative estimate of drug-likeness (QED) is 0.479. The number of esters is 1. The zero-order valence-corrected chi connectivity index (χ0v) is 18.7. The van der Waals surface area contributed by atoms with Crippen molar-refractivity contribution >= 4 is 29.5 Å². The second-order valence-electron chi connectivity index (χ2n) is 7.76. The lowest BCUT2D eigenvalue weighted by molar-refractivity contribution is -0.152. The summed E-state index contributed by atoms with van der Waals surface area (Å²) in [5.74, 6) is -4.90. The number of allylic oxidation sites excluding steroid dienone is 1. The van der Waals surface area contributed by atoms with Gasteiger partial charge in [0.1, 0.15) is 11.7 Å². The molecule has 1 fully saturated rings. The first-order chi connectivity index (χ1) is 15.5. The van der Waals surface area contributed by atoms with Gasteiger partial charge in [-0.2, -0.15) is 5.26 Å². The number of hydrogen-bond acceptors (Lipinski definition) is 6. The highest BCUT2D eigenvalue weighted by molar-refractivity contribution is 8.03. The van der Waals surface area contributed by atoms with Gasteiger partial charge in [0.25, 0.3) is 0 Å². The minimum absolute atomic E-state index is 0.00857. The van der Waals surface area contributed by atoms with Gasteiger partial charge in [-0.1, -0.05) is 49.2 Å². The zero-order valence-electron chi connectivity index (χ0n) is 17.9. The molecule has 0 saturated heterocycles. The van der Waals surface area contributed by atoms with Crippen LogP contribution in [0.5, 0.6) is 0 Å². The van der Waals surface area contributed by atoms with Crippen molar-refractivity contribution in [3.8, 4) is 6.07 Å². The van der Waals surface area contributed by atoms with Gasteiger partial charge in [-0.25, -0.2) is 4.39 Å². The summed E-state index contributed by atoms with van der Waals surface area (Å²) >= 11 is 1.00. The average Bonchev–Trinajstić information content (AvgIpc) is 2.78. The molecule has 2 N–H and O–H groups in total. The van der Waals surface area contributed by atoms with E-state index in [9.17, 15) is 24.0 Å². The number of carbonyl (C=O) groups excluding carboxylic acids is 3. The van der Waals surface area contributed by atoms with Crippen LogP contribution in [0.4, 0.5) is 4.39 Å². The molecule has 0 unspecified atom stereocenters. The number of halogens is 1. The van der Waals surface area contributed by atoms with E-state index < -0.39 is 29.5 Å². The Balaban J connectivity index is 1.87. The molecule has 1 aromatic rings. The zero-order chi connectivity index (χ0) is 23.1. The Labute approximate surface area is 190 Å². The van der Waals surface area contributed by atoms with E-state index in [1.807, 2.05) is 6.07 Å². The van der Waals surface area contributed by atoms with E-state index in [4.69, 9.17) is 4.74 Å². The molecular weight excluding hydrogens is 433 g/mol. The predicted molar refractivity (Wildman–Crippen MR) is 118 cm³/mol. The average molecular weight is 460 g/mol. The fraction of sp³-hybridized carbons (Fsp3) is 0.478. The molecule has 1 heterocycles. The van der Waals surface area contributed by atoms with Crippen LogP contribution in [-0.4, -0.2) is 36.2 Å². The lowest BCUT2D eigenvalue weighted by Crippen LogP contribution is -2.45. The van der Waals surface area contributed by atoms with Gasteiger partial charge in [-0.05, 0) is 31.4 Å². The Morgan fingerprint density at radius 2 is 2.00 bits per heavy atom. The van der Waals surface area contributed by atoms with Crippen molar-refractivity contribution in [2.45, 2.75) is 51.0 Å². The van der Waals surface area contributed by atoms with Crippen molar-refractivity contribution in [1.29, 1.82) is 5.26 Å². The van der Waals surface area contributed by atoms with Gasteiger partial charge in [0, 0.05) is 12.0 Å². The van der Waals surface area contributed by atoms with E-state index in [1.54, 1.807) is 13.0 Å². The van der Waals surface area contributed by atoms with Crippen molar-refractivity contribution in [2.24, 2.45) is 5.92 Å². The summed E-state index contributed by atoms with van der Waals surface area (Å²) in [5, 5.41) is 15.6. The number of ether oxygens (including phenoxy) is 1. The first-order valence-electron chi connectivity index (χ1n) is 10.7. The van der Waals surface area contributed by atoms with Crippen LogP contribution >= 0.6 is 11.8 Å². The molecule has 1 aliphatic carbocycles. The minimum Gasteiger partial charge on any atom is -0.465 e. The van der Waals surface area contributed by atoms with Gasteiger partial charge < -0.3 is 15.4 Å². The van der Waals surface area contributed by atoms with E-state index in [0.717, 1.165) is 37.4 Å². The predicted octanol–water partition coefficient (Wildman–Crippen LogP) is 3.14. The summed E-state index contributed by atoms with van der Waals surface area (Å²) in [5.41, 5.74) is 0.0879. The molecule has 0 bridgehead atoms. The maximum atomic E-state index is 14.6. The number of nitrogens with one attached hydrogen (secondary N) is 2. The molecule has 2 amide bonds. The Hall–Kier alpha value is -2.86. The SMILES string of the molecule is CCOC(=O)[C@H]1C(=O)NC(SCC(=O)NC2CCCCC2)=C(C#N)[C@@H]1c1ccccc1F. The number of hydrogen-bond donors (Lipinski definition) is 2. The summed E-state index contributed by atoms with van der Waals surface area (Å²) in [4.78, 5) is 37.8. The Morgan fingerprint density at radius 1 is 1.28 bits per heavy atom. The molecule has 2 aliphatic rings. The number of thioether (sulfide) groups is 1. The van der Waals surface area contributed by atoms with Crippen LogP contribution in [-0.2, 0) is 19.1 Å². The van der Waals surface area contributed by atoms with E-state index in [1.165, 1.54) is 24.6 Å². The lowest BCUT2D eigenvalue weighted by atomic mass is 9.78. The van der Waals surface area contributed by atoms with Crippen LogP contribution < -0.4 is 10.6 Å². The molecule has 170 valence electrons. The fourth-order valence-corrected chi connectivity index (χ4v) is 5.00. The summed E-state index contributed by atoms with van der Waals surface area (Å²) in [6.45, 7) is 1.64. The van der Waals surface area contributed by atoms with E-state index >= 15 is 0 Å². The topological polar surface area (TPSA) is 108 Å². The third-order valence-electron chi connectivity index (χ3n) is 5.63. The second kappa shape index (κ2) is 11.1. The molecule has 1 saturated carbocycles. The van der Waals surface area contributed by atoms with E-state index in [2.05, 4.69) is 10.6 Å². The Morgan fingerprint density at radius 3 is 2.66 bits per heavy atom. The molecule has 9 heteroatoms. The third kappa shape index (κ3) is 5.49. The first-order valence-corrected chi connectivity index (χ1v) is 11.7. The van der Waals surface area contributed by atoms with E-state index in [0.29, 0.717) is 0 Å². The summed E-state index contributed by atoms with van der Waals surface area (Å²) < 4.78 is 19.7. The van der Waals surface area contributed by atoms with Gasteiger partial charge in [0.2, 0.25) is 11.8 Å². The molecule has 0 aromatic heterocycles. The number of nitrogens with zero attached hydrogens (tertiary/aromatic N) is 1. The number of carbonyl (C=O) groups is 3. The maximum absolute atomic E-state index is 14.6. The van der Waals surface area contributed by atoms with Gasteiger partial charge in [-0.3, -0.25) is 14.4 Å². The molecular formula is C23H26FN3O4S. The summed E-state index contributed by atoms with van der Waals surface area (Å²) in [7, 11) is 0. The molecule has 7 nitrogen and oxygen atoms in total. The third-order valence-corrected chi connectivity index (χ3v) is 6.64. The minimum atomic E-state index is -1.40. The molecule has 2 atom stereocenters. The van der Waals surface area contributed by atoms with Gasteiger partial charge >= 0.3 is 5.97 Å². The summed E-state index contributed by atoms with van der Waals surface area (Å²) in [6, 6.07) is 7.88. The normalized spacial score (nSPS) is 21.5. The van der Waals surface area contributed by atoms with Crippen LogP contribution in [0.1, 0.15) is 50.5 Å². The van der Waals surface area contributed by atoms with Crippen LogP contribution in [0.3, 0.4) is 0 Å².